The van der Waals surface area contributed by atoms with Crippen molar-refractivity contribution in [2.45, 2.75) is 33.1 Å². The average Bonchev–Trinajstić information content (AvgIpc) is 2.25. The van der Waals surface area contributed by atoms with Gasteiger partial charge in [-0.25, -0.2) is 0 Å². The van der Waals surface area contributed by atoms with E-state index in [1.54, 1.807) is 0 Å². The molecule has 1 heterocycles. The normalized spacial score (nSPS) is 19.3. The molecule has 15 heavy (non-hydrogen) atoms. The lowest BCUT2D eigenvalue weighted by atomic mass is 9.96. The van der Waals surface area contributed by atoms with Gasteiger partial charge in [-0.05, 0) is 58.3 Å². The highest BCUT2D eigenvalue weighted by atomic mass is 15.1. The second-order valence-electron chi connectivity index (χ2n) is 4.80. The summed E-state index contributed by atoms with van der Waals surface area (Å²) in [6.07, 6.45) is 3.89. The fraction of sp³-hybridized carbons (Fsp3) is 0.846. The first-order valence-electron chi connectivity index (χ1n) is 6.29. The molecule has 0 unspecified atom stereocenters. The van der Waals surface area contributed by atoms with Gasteiger partial charge in [0.25, 0.3) is 0 Å². The zero-order chi connectivity index (χ0) is 11.1. The van der Waals surface area contributed by atoms with E-state index < -0.39 is 0 Å². The van der Waals surface area contributed by atoms with Gasteiger partial charge in [-0.1, -0.05) is 12.5 Å². The predicted octanol–water partition coefficient (Wildman–Crippen LogP) is 2.27. The zero-order valence-electron chi connectivity index (χ0n) is 10.4. The van der Waals surface area contributed by atoms with Gasteiger partial charge < -0.3 is 10.2 Å². The van der Waals surface area contributed by atoms with Crippen molar-refractivity contribution in [3.63, 3.8) is 0 Å². The van der Waals surface area contributed by atoms with Crippen LogP contribution in [0.2, 0.25) is 0 Å². The summed E-state index contributed by atoms with van der Waals surface area (Å²) in [5.41, 5.74) is 1.31. The highest BCUT2D eigenvalue weighted by Crippen LogP contribution is 2.16. The molecule has 0 saturated carbocycles. The lowest BCUT2D eigenvalue weighted by molar-refractivity contribution is 0.184. The third kappa shape index (κ3) is 5.33. The van der Waals surface area contributed by atoms with Crippen LogP contribution in [-0.4, -0.2) is 37.6 Å². The first-order chi connectivity index (χ1) is 7.22. The van der Waals surface area contributed by atoms with Crippen LogP contribution in [-0.2, 0) is 0 Å². The number of hydrogen-bond acceptors (Lipinski definition) is 2. The van der Waals surface area contributed by atoms with E-state index in [4.69, 9.17) is 0 Å². The molecule has 88 valence electrons. The molecule has 0 atom stereocenters. The quantitative estimate of drug-likeness (QED) is 0.677. The molecule has 0 spiro atoms. The topological polar surface area (TPSA) is 15.3 Å². The Hall–Kier alpha value is -0.340. The van der Waals surface area contributed by atoms with E-state index in [-0.39, 0.29) is 0 Å². The van der Waals surface area contributed by atoms with E-state index in [0.29, 0.717) is 0 Å². The number of nitrogens with one attached hydrogen (secondary N) is 1. The standard InChI is InChI=1S/C13H26N2/c1-4-14-11-13-6-9-15(10-7-13)8-5-12(2)3/h13-14H,2,4-11H2,1,3H3. The zero-order valence-corrected chi connectivity index (χ0v) is 10.4. The van der Waals surface area contributed by atoms with Gasteiger partial charge in [0.2, 0.25) is 0 Å². The van der Waals surface area contributed by atoms with Crippen molar-refractivity contribution in [2.24, 2.45) is 5.92 Å². The molecule has 1 aliphatic rings. The molecule has 1 N–H and O–H groups in total. The minimum Gasteiger partial charge on any atom is -0.317 e. The van der Waals surface area contributed by atoms with Gasteiger partial charge >= 0.3 is 0 Å². The van der Waals surface area contributed by atoms with Crippen molar-refractivity contribution in [1.29, 1.82) is 0 Å². The molecule has 1 saturated heterocycles. The first-order valence-corrected chi connectivity index (χ1v) is 6.29. The van der Waals surface area contributed by atoms with Crippen molar-refractivity contribution in [3.8, 4) is 0 Å². The fourth-order valence-corrected chi connectivity index (χ4v) is 2.11. The molecular formula is C13H26N2. The van der Waals surface area contributed by atoms with E-state index in [0.717, 1.165) is 18.9 Å². The number of likely N-dealkylation sites (tertiary alicyclic amines) is 1. The Morgan fingerprint density at radius 2 is 2.07 bits per heavy atom. The van der Waals surface area contributed by atoms with Gasteiger partial charge in [-0.2, -0.15) is 0 Å². The van der Waals surface area contributed by atoms with E-state index in [2.05, 4.69) is 30.6 Å². The summed E-state index contributed by atoms with van der Waals surface area (Å²) < 4.78 is 0. The van der Waals surface area contributed by atoms with Gasteiger partial charge in [0.15, 0.2) is 0 Å². The van der Waals surface area contributed by atoms with Gasteiger partial charge in [0, 0.05) is 6.54 Å². The second-order valence-corrected chi connectivity index (χ2v) is 4.80. The summed E-state index contributed by atoms with van der Waals surface area (Å²) in [4.78, 5) is 2.58. The van der Waals surface area contributed by atoms with Crippen LogP contribution in [0.5, 0.6) is 0 Å². The lowest BCUT2D eigenvalue weighted by Gasteiger charge is -2.32. The Bertz CT molecular complexity index is 181. The number of rotatable bonds is 6. The smallest absolute Gasteiger partial charge is 0.00184 e. The molecule has 2 heteroatoms. The molecule has 1 aliphatic heterocycles. The van der Waals surface area contributed by atoms with E-state index in [9.17, 15) is 0 Å². The van der Waals surface area contributed by atoms with Crippen LogP contribution in [0, 0.1) is 5.92 Å². The van der Waals surface area contributed by atoms with Gasteiger partial charge in [-0.15, -0.1) is 6.58 Å². The molecule has 2 nitrogen and oxygen atoms in total. The monoisotopic (exact) mass is 210 g/mol. The SMILES string of the molecule is C=C(C)CCN1CCC(CNCC)CC1. The minimum atomic E-state index is 0.908. The Labute approximate surface area is 94.7 Å². The van der Waals surface area contributed by atoms with Crippen LogP contribution in [0.1, 0.15) is 33.1 Å². The highest BCUT2D eigenvalue weighted by molar-refractivity contribution is 4.89. The van der Waals surface area contributed by atoms with Crippen LogP contribution in [0.15, 0.2) is 12.2 Å². The molecule has 0 aromatic carbocycles. The van der Waals surface area contributed by atoms with Crippen LogP contribution >= 0.6 is 0 Å². The first kappa shape index (κ1) is 12.7. The van der Waals surface area contributed by atoms with Gasteiger partial charge in [-0.3, -0.25) is 0 Å². The molecule has 0 radical (unpaired) electrons. The maximum atomic E-state index is 3.96. The van der Waals surface area contributed by atoms with Crippen LogP contribution in [0.4, 0.5) is 0 Å². The summed E-state index contributed by atoms with van der Waals surface area (Å²) in [5.74, 6) is 0.908. The fourth-order valence-electron chi connectivity index (χ4n) is 2.11. The molecular weight excluding hydrogens is 184 g/mol. The lowest BCUT2D eigenvalue weighted by Crippen LogP contribution is -2.37. The Kier molecular flexibility index (Phi) is 5.96. The minimum absolute atomic E-state index is 0.908. The summed E-state index contributed by atoms with van der Waals surface area (Å²) >= 11 is 0. The molecule has 1 rings (SSSR count). The van der Waals surface area contributed by atoms with Crippen LogP contribution in [0.3, 0.4) is 0 Å². The molecule has 0 aromatic heterocycles. The average molecular weight is 210 g/mol. The Morgan fingerprint density at radius 1 is 1.40 bits per heavy atom. The van der Waals surface area contributed by atoms with E-state index >= 15 is 0 Å². The van der Waals surface area contributed by atoms with Crippen molar-refractivity contribution >= 4 is 0 Å². The summed E-state index contributed by atoms with van der Waals surface area (Å²) in [6, 6.07) is 0. The van der Waals surface area contributed by atoms with Crippen molar-refractivity contribution in [2.75, 3.05) is 32.7 Å². The third-order valence-electron chi connectivity index (χ3n) is 3.24. The largest absolute Gasteiger partial charge is 0.317 e. The van der Waals surface area contributed by atoms with Crippen LogP contribution in [0.25, 0.3) is 0 Å². The molecule has 0 amide bonds. The van der Waals surface area contributed by atoms with Crippen molar-refractivity contribution < 1.29 is 0 Å². The summed E-state index contributed by atoms with van der Waals surface area (Å²) in [7, 11) is 0. The Morgan fingerprint density at radius 3 is 2.60 bits per heavy atom. The van der Waals surface area contributed by atoms with Gasteiger partial charge in [0.1, 0.15) is 0 Å². The number of nitrogens with zero attached hydrogens (tertiary/aromatic N) is 1. The summed E-state index contributed by atoms with van der Waals surface area (Å²) in [6.45, 7) is 14.4. The molecule has 1 fully saturated rings. The Balaban J connectivity index is 2.09. The highest BCUT2D eigenvalue weighted by Gasteiger charge is 2.17. The maximum Gasteiger partial charge on any atom is 0.00184 e. The van der Waals surface area contributed by atoms with Gasteiger partial charge in [0.05, 0.1) is 0 Å². The number of piperidine rings is 1. The van der Waals surface area contributed by atoms with Crippen molar-refractivity contribution in [3.05, 3.63) is 12.2 Å². The summed E-state index contributed by atoms with van der Waals surface area (Å²) in [5, 5.41) is 3.45. The van der Waals surface area contributed by atoms with E-state index in [1.807, 2.05) is 0 Å². The molecule has 0 aliphatic carbocycles. The predicted molar refractivity (Wildman–Crippen MR) is 67.1 cm³/mol. The third-order valence-corrected chi connectivity index (χ3v) is 3.24. The van der Waals surface area contributed by atoms with Crippen LogP contribution < -0.4 is 5.32 Å². The molecule has 0 aromatic rings. The maximum absolute atomic E-state index is 3.96. The second kappa shape index (κ2) is 7.02. The number of hydrogen-bond donors (Lipinski definition) is 1. The van der Waals surface area contributed by atoms with Crippen molar-refractivity contribution in [1.82, 2.24) is 10.2 Å². The van der Waals surface area contributed by atoms with E-state index in [1.165, 1.54) is 44.6 Å². The molecule has 0 bridgehead atoms.